The van der Waals surface area contributed by atoms with Crippen LogP contribution >= 0.6 is 0 Å². The van der Waals surface area contributed by atoms with Crippen molar-refractivity contribution in [1.82, 2.24) is 4.98 Å². The number of hydrogen-bond donors (Lipinski definition) is 1. The molecule has 0 bridgehead atoms. The van der Waals surface area contributed by atoms with Crippen molar-refractivity contribution in [1.29, 1.82) is 0 Å². The lowest BCUT2D eigenvalue weighted by Gasteiger charge is -2.41. The van der Waals surface area contributed by atoms with Gasteiger partial charge in [-0.2, -0.15) is 0 Å². The summed E-state index contributed by atoms with van der Waals surface area (Å²) in [5.41, 5.74) is 8.42. The second-order valence-corrected chi connectivity index (χ2v) is 13.1. The van der Waals surface area contributed by atoms with E-state index in [1.807, 2.05) is 0 Å². The van der Waals surface area contributed by atoms with Gasteiger partial charge in [0.15, 0.2) is 0 Å². The van der Waals surface area contributed by atoms with Gasteiger partial charge in [0.1, 0.15) is 5.82 Å². The Bertz CT molecular complexity index is 1510. The largest absolute Gasteiger partial charge is 0.343 e. The molecule has 0 fully saturated rings. The van der Waals surface area contributed by atoms with Crippen LogP contribution in [0.4, 0.5) is 5.82 Å². The molecule has 1 aliphatic rings. The van der Waals surface area contributed by atoms with Crippen LogP contribution in [0.3, 0.4) is 0 Å². The van der Waals surface area contributed by atoms with Gasteiger partial charge in [-0.1, -0.05) is 104 Å². The van der Waals surface area contributed by atoms with Gasteiger partial charge in [-0.15, -0.1) is 0 Å². The average Bonchev–Trinajstić information content (AvgIpc) is 2.80. The van der Waals surface area contributed by atoms with Crippen LogP contribution in [0, 0.1) is 5.92 Å². The van der Waals surface area contributed by atoms with Crippen LogP contribution in [-0.4, -0.2) is 4.98 Å². The topological polar surface area (TPSA) is 24.9 Å². The maximum Gasteiger partial charge on any atom is 0.139 e. The molecule has 1 aliphatic heterocycles. The Morgan fingerprint density at radius 1 is 0.833 bits per heavy atom. The lowest BCUT2D eigenvalue weighted by atomic mass is 9.68. The Morgan fingerprint density at radius 3 is 2.06 bits per heavy atom. The summed E-state index contributed by atoms with van der Waals surface area (Å²) >= 11 is 0. The number of allylic oxidation sites excluding steroid dienone is 1. The van der Waals surface area contributed by atoms with Crippen molar-refractivity contribution in [3.8, 4) is 11.1 Å². The summed E-state index contributed by atoms with van der Waals surface area (Å²) in [5.74, 6) is 1.33. The summed E-state index contributed by atoms with van der Waals surface area (Å²) in [7, 11) is 0. The van der Waals surface area contributed by atoms with Crippen molar-refractivity contribution >= 4 is 27.5 Å². The standard InChI is InChI=1S/C34H40N2/c1-20(2)34(10)21(3)35-31-29-25(12-11-13-28(29)34)27-19-24(33(7,8)9)18-26(30(27)36-31)22-14-16-23(17-15-22)32(4,5)6/h11-20H,3H2,1-2,4-10H3,(H,35,36). The highest BCUT2D eigenvalue weighted by atomic mass is 15.0. The maximum atomic E-state index is 5.31. The van der Waals surface area contributed by atoms with E-state index in [1.54, 1.807) is 0 Å². The summed E-state index contributed by atoms with van der Waals surface area (Å²) < 4.78 is 0. The molecule has 2 nitrogen and oxygen atoms in total. The lowest BCUT2D eigenvalue weighted by molar-refractivity contribution is 0.400. The molecule has 0 amide bonds. The molecule has 1 unspecified atom stereocenters. The van der Waals surface area contributed by atoms with Gasteiger partial charge in [0, 0.05) is 27.4 Å². The number of anilines is 1. The molecule has 2 heterocycles. The van der Waals surface area contributed by atoms with Crippen LogP contribution in [0.5, 0.6) is 0 Å². The molecule has 4 aromatic rings. The number of benzene rings is 3. The Morgan fingerprint density at radius 2 is 1.47 bits per heavy atom. The van der Waals surface area contributed by atoms with Crippen molar-refractivity contribution in [2.75, 3.05) is 5.32 Å². The Hall–Kier alpha value is -3.13. The highest BCUT2D eigenvalue weighted by Crippen LogP contribution is 2.49. The lowest BCUT2D eigenvalue weighted by Crippen LogP contribution is -2.37. The third kappa shape index (κ3) is 3.65. The van der Waals surface area contributed by atoms with Crippen LogP contribution in [-0.2, 0) is 16.2 Å². The molecule has 0 aliphatic carbocycles. The van der Waals surface area contributed by atoms with Crippen LogP contribution in [0.2, 0.25) is 0 Å². The van der Waals surface area contributed by atoms with Crippen molar-refractivity contribution in [2.24, 2.45) is 5.92 Å². The summed E-state index contributed by atoms with van der Waals surface area (Å²) in [6.07, 6.45) is 0. The summed E-state index contributed by atoms with van der Waals surface area (Å²) in [6, 6.07) is 20.5. The van der Waals surface area contributed by atoms with Crippen LogP contribution in [0.15, 0.2) is 66.9 Å². The number of nitrogens with one attached hydrogen (secondary N) is 1. The fourth-order valence-electron chi connectivity index (χ4n) is 5.58. The minimum absolute atomic E-state index is 0.0208. The molecule has 186 valence electrons. The molecule has 5 rings (SSSR count). The van der Waals surface area contributed by atoms with E-state index in [4.69, 9.17) is 4.98 Å². The van der Waals surface area contributed by atoms with Crippen molar-refractivity contribution in [3.63, 3.8) is 0 Å². The van der Waals surface area contributed by atoms with Crippen molar-refractivity contribution in [3.05, 3.63) is 83.6 Å². The second-order valence-electron chi connectivity index (χ2n) is 13.1. The highest BCUT2D eigenvalue weighted by molar-refractivity contribution is 6.16. The highest BCUT2D eigenvalue weighted by Gasteiger charge is 2.39. The quantitative estimate of drug-likeness (QED) is 0.291. The van der Waals surface area contributed by atoms with Crippen LogP contribution < -0.4 is 5.32 Å². The minimum Gasteiger partial charge on any atom is -0.343 e. The average molecular weight is 477 g/mol. The van der Waals surface area contributed by atoms with E-state index < -0.39 is 0 Å². The van der Waals surface area contributed by atoms with Crippen molar-refractivity contribution in [2.45, 2.75) is 78.6 Å². The number of rotatable bonds is 2. The number of aromatic nitrogens is 1. The number of fused-ring (bicyclic) bond motifs is 2. The monoisotopic (exact) mass is 476 g/mol. The zero-order chi connectivity index (χ0) is 26.2. The number of nitrogens with zero attached hydrogens (tertiary/aromatic N) is 1. The van der Waals surface area contributed by atoms with Gasteiger partial charge in [0.25, 0.3) is 0 Å². The van der Waals surface area contributed by atoms with Gasteiger partial charge >= 0.3 is 0 Å². The van der Waals surface area contributed by atoms with E-state index in [0.717, 1.165) is 17.0 Å². The van der Waals surface area contributed by atoms with E-state index in [0.29, 0.717) is 5.92 Å². The molecule has 0 saturated heterocycles. The third-order valence-electron chi connectivity index (χ3n) is 8.46. The fraction of sp³-hybridized carbons (Fsp3) is 0.382. The Balaban J connectivity index is 1.88. The number of pyridine rings is 1. The van der Waals surface area contributed by atoms with Crippen LogP contribution in [0.25, 0.3) is 32.8 Å². The van der Waals surface area contributed by atoms with Gasteiger partial charge in [-0.3, -0.25) is 0 Å². The van der Waals surface area contributed by atoms with Gasteiger partial charge in [-0.25, -0.2) is 4.98 Å². The van der Waals surface area contributed by atoms with E-state index >= 15 is 0 Å². The third-order valence-corrected chi connectivity index (χ3v) is 8.46. The van der Waals surface area contributed by atoms with E-state index in [2.05, 4.69) is 129 Å². The number of hydrogen-bond acceptors (Lipinski definition) is 2. The van der Waals surface area contributed by atoms with E-state index in [9.17, 15) is 0 Å². The predicted octanol–water partition coefficient (Wildman–Crippen LogP) is 9.50. The first-order chi connectivity index (χ1) is 16.7. The molecule has 1 N–H and O–H groups in total. The first-order valence-corrected chi connectivity index (χ1v) is 13.2. The van der Waals surface area contributed by atoms with Crippen LogP contribution in [0.1, 0.15) is 79.0 Å². The predicted molar refractivity (Wildman–Crippen MR) is 157 cm³/mol. The molecule has 1 atom stereocenters. The van der Waals surface area contributed by atoms with Gasteiger partial charge in [0.2, 0.25) is 0 Å². The molecule has 36 heavy (non-hydrogen) atoms. The zero-order valence-electron chi connectivity index (χ0n) is 23.4. The molecule has 0 radical (unpaired) electrons. The van der Waals surface area contributed by atoms with Gasteiger partial charge in [0.05, 0.1) is 5.52 Å². The summed E-state index contributed by atoms with van der Waals surface area (Å²) in [4.78, 5) is 5.31. The smallest absolute Gasteiger partial charge is 0.139 e. The Labute approximate surface area is 216 Å². The molecular weight excluding hydrogens is 436 g/mol. The minimum atomic E-state index is -0.158. The van der Waals surface area contributed by atoms with Crippen molar-refractivity contribution < 1.29 is 0 Å². The summed E-state index contributed by atoms with van der Waals surface area (Å²) in [5, 5.41) is 7.35. The molecule has 0 spiro atoms. The van der Waals surface area contributed by atoms with E-state index in [1.165, 1.54) is 44.0 Å². The molecule has 3 aromatic carbocycles. The fourth-order valence-corrected chi connectivity index (χ4v) is 5.58. The normalized spacial score (nSPS) is 18.2. The molecule has 2 heteroatoms. The van der Waals surface area contributed by atoms with E-state index in [-0.39, 0.29) is 16.2 Å². The molecular formula is C34H40N2. The zero-order valence-corrected chi connectivity index (χ0v) is 23.4. The van der Waals surface area contributed by atoms with Gasteiger partial charge in [-0.05, 0) is 63.4 Å². The first-order valence-electron chi connectivity index (χ1n) is 13.2. The van der Waals surface area contributed by atoms with Gasteiger partial charge < -0.3 is 5.32 Å². The summed E-state index contributed by atoms with van der Waals surface area (Å²) in [6.45, 7) is 25.0. The molecule has 1 aromatic heterocycles. The molecule has 0 saturated carbocycles. The SMILES string of the molecule is C=C1Nc2nc3c(-c4ccc(C(C)(C)C)cc4)cc(C(C)(C)C)cc3c3cccc(c23)C1(C)C(C)C. The first kappa shape index (κ1) is 24.6. The Kier molecular flexibility index (Phi) is 5.41. The maximum absolute atomic E-state index is 5.31. The second kappa shape index (κ2) is 7.93.